The Morgan fingerprint density at radius 1 is 1.22 bits per heavy atom. The number of pyridine rings is 1. The van der Waals surface area contributed by atoms with Gasteiger partial charge < -0.3 is 36.6 Å². The minimum Gasteiger partial charge on any atom is -0.481 e. The number of anilines is 2. The van der Waals surface area contributed by atoms with Crippen molar-refractivity contribution in [1.29, 1.82) is 10.7 Å². The van der Waals surface area contributed by atoms with Gasteiger partial charge in [-0.05, 0) is 42.9 Å². The molecule has 1 aromatic rings. The van der Waals surface area contributed by atoms with E-state index in [0.29, 0.717) is 12.1 Å². The van der Waals surface area contributed by atoms with Crippen molar-refractivity contribution >= 4 is 35.1 Å². The zero-order valence-electron chi connectivity index (χ0n) is 21.3. The van der Waals surface area contributed by atoms with Crippen LogP contribution in [0.2, 0.25) is 0 Å². The Morgan fingerprint density at radius 3 is 2.54 bits per heavy atom. The molecule has 3 aliphatic heterocycles. The molecule has 2 fully saturated rings. The lowest BCUT2D eigenvalue weighted by atomic mass is 9.81. The predicted molar refractivity (Wildman–Crippen MR) is 147 cm³/mol. The molecular weight excluding hydrogens is 490 g/mol. The molecule has 1 aromatic heterocycles. The second-order valence-corrected chi connectivity index (χ2v) is 11.1. The number of hydrogen-bond acceptors (Lipinski definition) is 10. The highest BCUT2D eigenvalue weighted by atomic mass is 32.2. The Hall–Kier alpha value is -2.85. The molecule has 7 N–H and O–H groups in total. The summed E-state index contributed by atoms with van der Waals surface area (Å²) in [6.07, 6.45) is 2.41. The number of carboxylic acids is 1. The number of carbonyl (C=O) groups is 1. The number of allylic oxidation sites excluding steroid dienone is 1. The molecule has 0 spiro atoms. The van der Waals surface area contributed by atoms with Crippen molar-refractivity contribution in [1.82, 2.24) is 15.2 Å². The smallest absolute Gasteiger partial charge is 0.310 e. The van der Waals surface area contributed by atoms with Crippen LogP contribution < -0.4 is 26.6 Å². The number of aliphatic carboxylic acids is 1. The van der Waals surface area contributed by atoms with E-state index in [9.17, 15) is 4.79 Å². The van der Waals surface area contributed by atoms with Gasteiger partial charge in [0.1, 0.15) is 17.3 Å². The second-order valence-electron chi connectivity index (χ2n) is 9.86. The summed E-state index contributed by atoms with van der Waals surface area (Å²) in [6, 6.07) is 6.21. The summed E-state index contributed by atoms with van der Waals surface area (Å²) in [7, 11) is 2.14. The summed E-state index contributed by atoms with van der Waals surface area (Å²) in [5, 5.41) is 28.9. The van der Waals surface area contributed by atoms with E-state index in [1.165, 1.54) is 11.8 Å². The Morgan fingerprint density at radius 2 is 1.92 bits per heavy atom. The number of aromatic nitrogens is 1. The van der Waals surface area contributed by atoms with Gasteiger partial charge in [0.2, 0.25) is 0 Å². The summed E-state index contributed by atoms with van der Waals surface area (Å²) < 4.78 is 0. The van der Waals surface area contributed by atoms with Gasteiger partial charge in [-0.2, -0.15) is 5.26 Å². The number of amidine groups is 1. The van der Waals surface area contributed by atoms with Gasteiger partial charge in [-0.3, -0.25) is 10.2 Å². The van der Waals surface area contributed by atoms with E-state index in [1.807, 2.05) is 6.07 Å². The molecule has 4 aliphatic rings. The molecule has 5 rings (SSSR count). The zero-order valence-corrected chi connectivity index (χ0v) is 22.1. The molecule has 2 saturated heterocycles. The lowest BCUT2D eigenvalue weighted by Crippen LogP contribution is -2.45. The highest BCUT2D eigenvalue weighted by molar-refractivity contribution is 8.03. The molecule has 0 saturated carbocycles. The number of nitrogens with two attached hydrogens (primary N) is 2. The molecule has 0 amide bonds. The van der Waals surface area contributed by atoms with Crippen LogP contribution in [-0.2, 0) is 4.79 Å². The third kappa shape index (κ3) is 6.35. The molecule has 4 heterocycles. The molecule has 3 atom stereocenters. The lowest BCUT2D eigenvalue weighted by molar-refractivity contribution is -0.140. The first-order chi connectivity index (χ1) is 17.8. The summed E-state index contributed by atoms with van der Waals surface area (Å²) in [6.45, 7) is 7.93. The minimum atomic E-state index is -0.822. The fourth-order valence-corrected chi connectivity index (χ4v) is 6.57. The normalized spacial score (nSPS) is 26.1. The highest BCUT2D eigenvalue weighted by Gasteiger charge is 2.41. The molecule has 12 heteroatoms. The zero-order chi connectivity index (χ0) is 26.5. The third-order valence-corrected chi connectivity index (χ3v) is 8.62. The number of carboxylic acid groups (broad SMARTS) is 1. The molecule has 200 valence electrons. The lowest BCUT2D eigenvalue weighted by Gasteiger charge is -2.35. The predicted octanol–water partition coefficient (Wildman–Crippen LogP) is 0.824. The number of hydrogen-bond donors (Lipinski definition) is 5. The van der Waals surface area contributed by atoms with E-state index in [2.05, 4.69) is 44.2 Å². The number of thioether (sulfide) groups is 1. The summed E-state index contributed by atoms with van der Waals surface area (Å²) in [5.74, 6) is -0.746. The number of piperazine rings is 2. The summed E-state index contributed by atoms with van der Waals surface area (Å²) in [4.78, 5) is 23.7. The molecular formula is C25H37N9O2S. The van der Waals surface area contributed by atoms with Crippen molar-refractivity contribution in [2.75, 3.05) is 69.2 Å². The fourth-order valence-electron chi connectivity index (χ4n) is 5.23. The fraction of sp³-hybridized carbons (Fsp3) is 0.600. The number of rotatable bonds is 4. The van der Waals surface area contributed by atoms with Gasteiger partial charge in [0.25, 0.3) is 0 Å². The number of nitrogen functional groups attached to an aromatic ring is 1. The number of likely N-dealkylation sites (N-methyl/N-ethyl adjacent to an activating group) is 1. The minimum absolute atomic E-state index is 0.0346. The number of nitriles is 1. The van der Waals surface area contributed by atoms with Gasteiger partial charge in [-0.25, -0.2) is 4.98 Å². The van der Waals surface area contributed by atoms with Crippen LogP contribution in [0.15, 0.2) is 22.6 Å². The third-order valence-electron chi connectivity index (χ3n) is 7.36. The Bertz CT molecular complexity index is 1070. The van der Waals surface area contributed by atoms with Gasteiger partial charge in [-0.15, -0.1) is 11.8 Å². The standard InChI is InChI=1S/C15H25N7.C10H12N2O2S/c1-20-6-8-22(9-7-20)14-11-12(10-13(19-14)15(16)17)21-4-2-18-3-5-21;11-4-6-8-5(10(13)14)2-1-3-7(8)15-9(6)12/h10-11,18H,2-9H2,1H3,(H3,16,17);5-6,9H,1-3,12H2,(H,13,14). The van der Waals surface area contributed by atoms with Crippen molar-refractivity contribution in [3.63, 3.8) is 0 Å². The molecule has 0 aromatic carbocycles. The SMILES string of the molecule is CN1CCN(c2cc(N3CCNCC3)cc(C(=N)N)n2)CC1.N#CC1C2=C(CCCC2C(=O)O)SC1N. The van der Waals surface area contributed by atoms with Crippen LogP contribution in [-0.4, -0.2) is 91.6 Å². The Labute approximate surface area is 222 Å². The monoisotopic (exact) mass is 527 g/mol. The van der Waals surface area contributed by atoms with Crippen LogP contribution in [0, 0.1) is 28.6 Å². The van der Waals surface area contributed by atoms with Crippen molar-refractivity contribution in [3.05, 3.63) is 28.3 Å². The van der Waals surface area contributed by atoms with E-state index in [-0.39, 0.29) is 11.2 Å². The molecule has 3 unspecified atom stereocenters. The van der Waals surface area contributed by atoms with E-state index < -0.39 is 17.8 Å². The average molecular weight is 528 g/mol. The van der Waals surface area contributed by atoms with E-state index >= 15 is 0 Å². The topological polar surface area (TPSA) is 172 Å². The van der Waals surface area contributed by atoms with Gasteiger partial charge in [0.15, 0.2) is 0 Å². The maximum atomic E-state index is 11.1. The van der Waals surface area contributed by atoms with Crippen molar-refractivity contribution < 1.29 is 9.90 Å². The first-order valence-electron chi connectivity index (χ1n) is 12.8. The van der Waals surface area contributed by atoms with Gasteiger partial charge >= 0.3 is 5.97 Å². The highest BCUT2D eigenvalue weighted by Crippen LogP contribution is 2.49. The van der Waals surface area contributed by atoms with Crippen LogP contribution in [0.1, 0.15) is 25.0 Å². The molecule has 11 nitrogen and oxygen atoms in total. The van der Waals surface area contributed by atoms with E-state index in [4.69, 9.17) is 27.2 Å². The van der Waals surface area contributed by atoms with Crippen LogP contribution in [0.3, 0.4) is 0 Å². The Kier molecular flexibility index (Phi) is 8.91. The van der Waals surface area contributed by atoms with Gasteiger partial charge in [0.05, 0.1) is 23.3 Å². The number of nitrogens with zero attached hydrogens (tertiary/aromatic N) is 5. The summed E-state index contributed by atoms with van der Waals surface area (Å²) in [5.41, 5.74) is 14.0. The first-order valence-corrected chi connectivity index (χ1v) is 13.7. The first kappa shape index (κ1) is 27.2. The second kappa shape index (κ2) is 12.1. The van der Waals surface area contributed by atoms with Crippen LogP contribution >= 0.6 is 11.8 Å². The number of nitrogens with one attached hydrogen (secondary N) is 2. The Balaban J connectivity index is 0.000000186. The molecule has 1 aliphatic carbocycles. The maximum Gasteiger partial charge on any atom is 0.310 e. The van der Waals surface area contributed by atoms with Gasteiger partial charge in [0, 0.05) is 64.1 Å². The van der Waals surface area contributed by atoms with Crippen LogP contribution in [0.25, 0.3) is 0 Å². The van der Waals surface area contributed by atoms with Crippen LogP contribution in [0.5, 0.6) is 0 Å². The van der Waals surface area contributed by atoms with Crippen LogP contribution in [0.4, 0.5) is 11.5 Å². The molecule has 37 heavy (non-hydrogen) atoms. The van der Waals surface area contributed by atoms with Gasteiger partial charge in [-0.1, -0.05) is 0 Å². The van der Waals surface area contributed by atoms with Crippen molar-refractivity contribution in [3.8, 4) is 6.07 Å². The molecule has 0 bridgehead atoms. The average Bonchev–Trinajstić information content (AvgIpc) is 3.24. The maximum absolute atomic E-state index is 11.1. The largest absolute Gasteiger partial charge is 0.481 e. The van der Waals surface area contributed by atoms with Crippen molar-refractivity contribution in [2.24, 2.45) is 23.3 Å². The molecule has 0 radical (unpaired) electrons. The van der Waals surface area contributed by atoms with E-state index in [0.717, 1.165) is 87.2 Å². The van der Waals surface area contributed by atoms with Crippen molar-refractivity contribution in [2.45, 2.75) is 24.6 Å². The quantitative estimate of drug-likeness (QED) is 0.277. The van der Waals surface area contributed by atoms with E-state index in [1.54, 1.807) is 0 Å². The summed E-state index contributed by atoms with van der Waals surface area (Å²) >= 11 is 1.47.